The molecule has 0 spiro atoms. The van der Waals surface area contributed by atoms with Gasteiger partial charge in [0.2, 0.25) is 0 Å². The Morgan fingerprint density at radius 1 is 1.25 bits per heavy atom. The maximum absolute atomic E-state index is 10.7. The molecule has 0 saturated carbocycles. The van der Waals surface area contributed by atoms with Gasteiger partial charge in [-0.2, -0.15) is 0 Å². The molecule has 0 amide bonds. The van der Waals surface area contributed by atoms with Crippen LogP contribution in [0, 0.1) is 24.0 Å². The number of hydrogen-bond acceptors (Lipinski definition) is 6. The van der Waals surface area contributed by atoms with E-state index in [0.29, 0.717) is 17.3 Å². The van der Waals surface area contributed by atoms with Crippen LogP contribution in [0.1, 0.15) is 30.2 Å². The smallest absolute Gasteiger partial charge is 0.290 e. The summed E-state index contributed by atoms with van der Waals surface area (Å²) in [6.07, 6.45) is 1.70. The normalized spacial score (nSPS) is 11.9. The van der Waals surface area contributed by atoms with Crippen LogP contribution in [0.3, 0.4) is 0 Å². The summed E-state index contributed by atoms with van der Waals surface area (Å²) in [4.78, 5) is 23.0. The third kappa shape index (κ3) is 3.05. The lowest BCUT2D eigenvalue weighted by Crippen LogP contribution is -2.12. The van der Waals surface area contributed by atoms with E-state index in [2.05, 4.69) is 20.3 Å². The van der Waals surface area contributed by atoms with Crippen molar-refractivity contribution in [1.29, 1.82) is 0 Å². The topological polar surface area (TPSA) is 93.8 Å². The summed E-state index contributed by atoms with van der Waals surface area (Å²) in [6, 6.07) is 4.71. The zero-order valence-corrected chi connectivity index (χ0v) is 11.5. The third-order valence-corrected chi connectivity index (χ3v) is 2.82. The Hall–Kier alpha value is -2.57. The first-order valence-corrected chi connectivity index (χ1v) is 6.15. The van der Waals surface area contributed by atoms with Crippen LogP contribution in [0.2, 0.25) is 0 Å². The summed E-state index contributed by atoms with van der Waals surface area (Å²) in [7, 11) is 0. The van der Waals surface area contributed by atoms with Gasteiger partial charge in [-0.05, 0) is 32.9 Å². The Bertz CT molecular complexity index is 644. The highest BCUT2D eigenvalue weighted by Gasteiger charge is 2.14. The van der Waals surface area contributed by atoms with E-state index in [4.69, 9.17) is 0 Å². The van der Waals surface area contributed by atoms with Crippen LogP contribution < -0.4 is 5.32 Å². The Morgan fingerprint density at radius 3 is 2.60 bits per heavy atom. The molecule has 1 atom stereocenters. The molecule has 0 aliphatic carbocycles. The second-order valence-corrected chi connectivity index (χ2v) is 4.48. The summed E-state index contributed by atoms with van der Waals surface area (Å²) < 4.78 is 0. The minimum absolute atomic E-state index is 0.00927. The fourth-order valence-corrected chi connectivity index (χ4v) is 1.79. The summed E-state index contributed by atoms with van der Waals surface area (Å²) in [5, 5.41) is 13.9. The molecule has 0 fully saturated rings. The predicted molar refractivity (Wildman–Crippen MR) is 74.4 cm³/mol. The zero-order chi connectivity index (χ0) is 14.7. The Balaban J connectivity index is 2.18. The molecular weight excluding hydrogens is 258 g/mol. The number of anilines is 1. The monoisotopic (exact) mass is 273 g/mol. The van der Waals surface area contributed by atoms with E-state index in [0.717, 1.165) is 5.69 Å². The largest absolute Gasteiger partial charge is 0.360 e. The van der Waals surface area contributed by atoms with Crippen LogP contribution in [-0.4, -0.2) is 19.9 Å². The van der Waals surface area contributed by atoms with Crippen LogP contribution in [0.5, 0.6) is 0 Å². The number of pyridine rings is 1. The first kappa shape index (κ1) is 13.9. The van der Waals surface area contributed by atoms with E-state index >= 15 is 0 Å². The zero-order valence-electron chi connectivity index (χ0n) is 11.5. The minimum Gasteiger partial charge on any atom is -0.360 e. The summed E-state index contributed by atoms with van der Waals surface area (Å²) in [5.41, 5.74) is 1.27. The van der Waals surface area contributed by atoms with Crippen molar-refractivity contribution in [2.24, 2.45) is 0 Å². The molecule has 0 saturated heterocycles. The number of aromatic nitrogens is 3. The van der Waals surface area contributed by atoms with Gasteiger partial charge in [0.05, 0.1) is 11.0 Å². The van der Waals surface area contributed by atoms with Crippen molar-refractivity contribution in [3.05, 3.63) is 51.7 Å². The molecule has 0 aliphatic heterocycles. The highest BCUT2D eigenvalue weighted by molar-refractivity contribution is 5.45. The van der Waals surface area contributed by atoms with Gasteiger partial charge < -0.3 is 5.32 Å². The molecule has 2 rings (SSSR count). The quantitative estimate of drug-likeness (QED) is 0.679. The lowest BCUT2D eigenvalue weighted by molar-refractivity contribution is -0.385. The molecule has 20 heavy (non-hydrogen) atoms. The number of nitrogens with one attached hydrogen (secondary N) is 1. The fraction of sp³-hybridized carbons (Fsp3) is 0.308. The van der Waals surface area contributed by atoms with Crippen molar-refractivity contribution in [2.45, 2.75) is 26.8 Å². The van der Waals surface area contributed by atoms with Crippen LogP contribution in [-0.2, 0) is 0 Å². The lowest BCUT2D eigenvalue weighted by atomic mass is 10.2. The van der Waals surface area contributed by atoms with E-state index in [-0.39, 0.29) is 11.7 Å². The van der Waals surface area contributed by atoms with Gasteiger partial charge in [0.15, 0.2) is 0 Å². The van der Waals surface area contributed by atoms with Crippen LogP contribution in [0.15, 0.2) is 24.4 Å². The summed E-state index contributed by atoms with van der Waals surface area (Å²) in [6.45, 7) is 5.41. The SMILES string of the molecule is Cc1ccnc(C(C)Nc2ccc([N+](=O)[O-])c(C)n2)n1. The maximum Gasteiger partial charge on any atom is 0.290 e. The van der Waals surface area contributed by atoms with Crippen LogP contribution >= 0.6 is 0 Å². The molecule has 0 bridgehead atoms. The first-order chi connectivity index (χ1) is 9.47. The second-order valence-electron chi connectivity index (χ2n) is 4.48. The molecule has 104 valence electrons. The van der Waals surface area contributed by atoms with Crippen LogP contribution in [0.4, 0.5) is 11.5 Å². The molecule has 0 aliphatic rings. The number of rotatable bonds is 4. The van der Waals surface area contributed by atoms with Gasteiger partial charge in [-0.3, -0.25) is 10.1 Å². The summed E-state index contributed by atoms with van der Waals surface area (Å²) >= 11 is 0. The van der Waals surface area contributed by atoms with Crippen molar-refractivity contribution < 1.29 is 4.92 Å². The van der Waals surface area contributed by atoms with Gasteiger partial charge in [-0.25, -0.2) is 15.0 Å². The average Bonchev–Trinajstić information content (AvgIpc) is 2.38. The standard InChI is InChI=1S/C13H15N5O2/c1-8-6-7-14-13(15-8)10(3)17-12-5-4-11(18(19)20)9(2)16-12/h4-7,10H,1-3H3,(H,16,17). The molecule has 1 N–H and O–H groups in total. The molecule has 2 heterocycles. The van der Waals surface area contributed by atoms with Gasteiger partial charge in [0.1, 0.15) is 17.3 Å². The Labute approximate surface area is 116 Å². The lowest BCUT2D eigenvalue weighted by Gasteiger charge is -2.13. The van der Waals surface area contributed by atoms with Crippen molar-refractivity contribution in [2.75, 3.05) is 5.32 Å². The number of nitrogens with zero attached hydrogens (tertiary/aromatic N) is 4. The molecule has 7 nitrogen and oxygen atoms in total. The predicted octanol–water partition coefficient (Wildman–Crippen LogP) is 2.57. The van der Waals surface area contributed by atoms with E-state index in [1.807, 2.05) is 19.9 Å². The highest BCUT2D eigenvalue weighted by atomic mass is 16.6. The average molecular weight is 273 g/mol. The van der Waals surface area contributed by atoms with Crippen LogP contribution in [0.25, 0.3) is 0 Å². The van der Waals surface area contributed by atoms with Gasteiger partial charge in [-0.15, -0.1) is 0 Å². The number of aryl methyl sites for hydroxylation is 2. The Morgan fingerprint density at radius 2 is 2.00 bits per heavy atom. The van der Waals surface area contributed by atoms with Crippen molar-refractivity contribution in [3.8, 4) is 0 Å². The number of hydrogen-bond donors (Lipinski definition) is 1. The highest BCUT2D eigenvalue weighted by Crippen LogP contribution is 2.20. The number of nitro groups is 1. The molecule has 0 radical (unpaired) electrons. The van der Waals surface area contributed by atoms with Crippen molar-refractivity contribution >= 4 is 11.5 Å². The first-order valence-electron chi connectivity index (χ1n) is 6.15. The van der Waals surface area contributed by atoms with Crippen molar-refractivity contribution in [1.82, 2.24) is 15.0 Å². The molecule has 1 unspecified atom stereocenters. The third-order valence-electron chi connectivity index (χ3n) is 2.82. The summed E-state index contributed by atoms with van der Waals surface area (Å²) in [5.74, 6) is 1.22. The van der Waals surface area contributed by atoms with E-state index in [9.17, 15) is 10.1 Å². The van der Waals surface area contributed by atoms with Crippen molar-refractivity contribution in [3.63, 3.8) is 0 Å². The van der Waals surface area contributed by atoms with E-state index < -0.39 is 4.92 Å². The maximum atomic E-state index is 10.7. The molecule has 0 aromatic carbocycles. The Kier molecular flexibility index (Phi) is 3.88. The molecule has 7 heteroatoms. The minimum atomic E-state index is -0.445. The second kappa shape index (κ2) is 5.60. The molecular formula is C13H15N5O2. The molecule has 2 aromatic heterocycles. The van der Waals surface area contributed by atoms with Gasteiger partial charge in [0, 0.05) is 18.0 Å². The van der Waals surface area contributed by atoms with E-state index in [1.165, 1.54) is 6.07 Å². The van der Waals surface area contributed by atoms with Gasteiger partial charge in [0.25, 0.3) is 5.69 Å². The van der Waals surface area contributed by atoms with Gasteiger partial charge in [-0.1, -0.05) is 0 Å². The fourth-order valence-electron chi connectivity index (χ4n) is 1.79. The van der Waals surface area contributed by atoms with E-state index in [1.54, 1.807) is 19.2 Å². The molecule has 2 aromatic rings. The van der Waals surface area contributed by atoms with Gasteiger partial charge >= 0.3 is 0 Å².